The van der Waals surface area contributed by atoms with E-state index in [1.807, 2.05) is 0 Å². The molecule has 7 heteroatoms. The third-order valence-electron chi connectivity index (χ3n) is 2.88. The van der Waals surface area contributed by atoms with E-state index < -0.39 is 0 Å². The average Bonchev–Trinajstić information content (AvgIpc) is 3.00. The second-order valence-electron chi connectivity index (χ2n) is 4.10. The van der Waals surface area contributed by atoms with Crippen LogP contribution in [0.3, 0.4) is 0 Å². The highest BCUT2D eigenvalue weighted by molar-refractivity contribution is 5.90. The van der Waals surface area contributed by atoms with Crippen molar-refractivity contribution in [3.63, 3.8) is 0 Å². The molecule has 0 spiro atoms. The van der Waals surface area contributed by atoms with Gasteiger partial charge in [0.15, 0.2) is 0 Å². The van der Waals surface area contributed by atoms with Gasteiger partial charge in [0.05, 0.1) is 6.61 Å². The minimum Gasteiger partial charge on any atom is -0.395 e. The van der Waals surface area contributed by atoms with Crippen molar-refractivity contribution in [2.45, 2.75) is 18.9 Å². The maximum atomic E-state index is 12.0. The molecule has 1 aliphatic heterocycles. The minimum absolute atomic E-state index is 0.0490. The molecule has 1 aromatic heterocycles. The Morgan fingerprint density at radius 2 is 2.53 bits per heavy atom. The third-order valence-corrected chi connectivity index (χ3v) is 2.88. The first-order chi connectivity index (χ1) is 8.31. The topological polar surface area (TPSA) is 94.1 Å². The highest BCUT2D eigenvalue weighted by Gasteiger charge is 2.23. The van der Waals surface area contributed by atoms with Crippen molar-refractivity contribution in [2.75, 3.05) is 26.2 Å². The number of aliphatic hydroxyl groups excluding tert-OH is 1. The Hall–Kier alpha value is -1.47. The fourth-order valence-electron chi connectivity index (χ4n) is 2.03. The Balaban J connectivity index is 1.98. The summed E-state index contributed by atoms with van der Waals surface area (Å²) in [6.07, 6.45) is 3.50. The molecule has 1 aromatic rings. The van der Waals surface area contributed by atoms with Gasteiger partial charge >= 0.3 is 0 Å². The van der Waals surface area contributed by atoms with Crippen LogP contribution in [-0.4, -0.2) is 63.4 Å². The summed E-state index contributed by atoms with van der Waals surface area (Å²) in [5.74, 6) is 0.00157. The van der Waals surface area contributed by atoms with Crippen LogP contribution in [0.15, 0.2) is 6.33 Å². The first kappa shape index (κ1) is 12.0. The number of nitrogens with zero attached hydrogens (tertiary/aromatic N) is 3. The molecule has 1 atom stereocenters. The van der Waals surface area contributed by atoms with E-state index in [-0.39, 0.29) is 18.3 Å². The molecule has 0 aliphatic carbocycles. The Labute approximate surface area is 99.2 Å². The second kappa shape index (κ2) is 5.74. The molecule has 7 nitrogen and oxygen atoms in total. The van der Waals surface area contributed by atoms with Crippen molar-refractivity contribution in [2.24, 2.45) is 0 Å². The molecule has 0 saturated carbocycles. The zero-order chi connectivity index (χ0) is 12.1. The standard InChI is InChI=1S/C10H17N5O2/c16-5-4-15(6-8-2-1-3-11-8)10(17)9-12-7-13-14-9/h7-8,11,16H,1-6H2,(H,12,13,14). The van der Waals surface area contributed by atoms with Crippen LogP contribution in [0.4, 0.5) is 0 Å². The highest BCUT2D eigenvalue weighted by Crippen LogP contribution is 2.08. The largest absolute Gasteiger partial charge is 0.395 e. The van der Waals surface area contributed by atoms with Crippen LogP contribution in [0, 0.1) is 0 Å². The van der Waals surface area contributed by atoms with Gasteiger partial charge in [0.2, 0.25) is 5.82 Å². The number of rotatable bonds is 5. The molecule has 3 N–H and O–H groups in total. The fraction of sp³-hybridized carbons (Fsp3) is 0.700. The molecule has 2 rings (SSSR count). The number of hydrogen-bond acceptors (Lipinski definition) is 5. The summed E-state index contributed by atoms with van der Waals surface area (Å²) in [6.45, 7) is 1.86. The molecule has 1 aliphatic rings. The van der Waals surface area contributed by atoms with Crippen LogP contribution >= 0.6 is 0 Å². The van der Waals surface area contributed by atoms with E-state index in [0.29, 0.717) is 19.1 Å². The summed E-state index contributed by atoms with van der Waals surface area (Å²) in [5, 5.41) is 18.5. The van der Waals surface area contributed by atoms with Gasteiger partial charge in [0.25, 0.3) is 5.91 Å². The van der Waals surface area contributed by atoms with E-state index in [9.17, 15) is 4.79 Å². The van der Waals surface area contributed by atoms with Gasteiger partial charge in [0, 0.05) is 19.1 Å². The number of H-pyrrole nitrogens is 1. The van der Waals surface area contributed by atoms with Gasteiger partial charge in [-0.05, 0) is 19.4 Å². The van der Waals surface area contributed by atoms with E-state index in [2.05, 4.69) is 20.5 Å². The van der Waals surface area contributed by atoms with Crippen LogP contribution in [0.5, 0.6) is 0 Å². The number of carbonyl (C=O) groups excluding carboxylic acids is 1. The Morgan fingerprint density at radius 1 is 1.65 bits per heavy atom. The van der Waals surface area contributed by atoms with E-state index in [1.54, 1.807) is 4.90 Å². The van der Waals surface area contributed by atoms with Gasteiger partial charge in [-0.25, -0.2) is 4.98 Å². The summed E-state index contributed by atoms with van der Waals surface area (Å²) in [4.78, 5) is 17.5. The lowest BCUT2D eigenvalue weighted by Gasteiger charge is -2.24. The van der Waals surface area contributed by atoms with E-state index >= 15 is 0 Å². The molecular formula is C10H17N5O2. The molecule has 17 heavy (non-hydrogen) atoms. The highest BCUT2D eigenvalue weighted by atomic mass is 16.3. The van der Waals surface area contributed by atoms with Crippen molar-refractivity contribution >= 4 is 5.91 Å². The number of carbonyl (C=O) groups is 1. The predicted octanol–water partition coefficient (Wildman–Crippen LogP) is -1.01. The number of amides is 1. The zero-order valence-electron chi connectivity index (χ0n) is 9.59. The van der Waals surface area contributed by atoms with Gasteiger partial charge in [-0.2, -0.15) is 5.10 Å². The molecule has 0 radical (unpaired) electrons. The van der Waals surface area contributed by atoms with E-state index in [1.165, 1.54) is 6.33 Å². The molecule has 1 unspecified atom stereocenters. The molecule has 1 saturated heterocycles. The lowest BCUT2D eigenvalue weighted by Crippen LogP contribution is -2.42. The minimum atomic E-state index is -0.217. The molecule has 94 valence electrons. The maximum Gasteiger partial charge on any atom is 0.291 e. The zero-order valence-corrected chi connectivity index (χ0v) is 9.59. The molecule has 2 heterocycles. The van der Waals surface area contributed by atoms with Gasteiger partial charge in [0.1, 0.15) is 6.33 Å². The number of nitrogens with one attached hydrogen (secondary N) is 2. The van der Waals surface area contributed by atoms with Crippen LogP contribution in [0.25, 0.3) is 0 Å². The predicted molar refractivity (Wildman–Crippen MR) is 60.4 cm³/mol. The Kier molecular flexibility index (Phi) is 4.05. The van der Waals surface area contributed by atoms with E-state index in [0.717, 1.165) is 19.4 Å². The SMILES string of the molecule is O=C(c1ncn[nH]1)N(CCO)CC1CCCN1. The summed E-state index contributed by atoms with van der Waals surface area (Å²) in [6, 6.07) is 0.313. The second-order valence-corrected chi connectivity index (χ2v) is 4.10. The summed E-state index contributed by atoms with van der Waals surface area (Å²) >= 11 is 0. The first-order valence-electron chi connectivity index (χ1n) is 5.80. The van der Waals surface area contributed by atoms with Crippen molar-refractivity contribution in [1.29, 1.82) is 0 Å². The van der Waals surface area contributed by atoms with Crippen molar-refractivity contribution < 1.29 is 9.90 Å². The van der Waals surface area contributed by atoms with Gasteiger partial charge in [-0.3, -0.25) is 9.89 Å². The number of aromatic nitrogens is 3. The van der Waals surface area contributed by atoms with Crippen molar-refractivity contribution in [3.05, 3.63) is 12.2 Å². The number of hydrogen-bond donors (Lipinski definition) is 3. The van der Waals surface area contributed by atoms with Crippen LogP contribution < -0.4 is 5.32 Å². The fourth-order valence-corrected chi connectivity index (χ4v) is 2.03. The van der Waals surface area contributed by atoms with Crippen LogP contribution in [0.2, 0.25) is 0 Å². The lowest BCUT2D eigenvalue weighted by atomic mass is 10.2. The van der Waals surface area contributed by atoms with E-state index in [4.69, 9.17) is 5.11 Å². The molecule has 0 aromatic carbocycles. The van der Waals surface area contributed by atoms with Crippen molar-refractivity contribution in [1.82, 2.24) is 25.4 Å². The monoisotopic (exact) mass is 239 g/mol. The summed E-state index contributed by atoms with van der Waals surface area (Å²) in [7, 11) is 0. The summed E-state index contributed by atoms with van der Waals surface area (Å²) < 4.78 is 0. The normalized spacial score (nSPS) is 19.5. The summed E-state index contributed by atoms with van der Waals surface area (Å²) in [5.41, 5.74) is 0. The van der Waals surface area contributed by atoms with Crippen LogP contribution in [-0.2, 0) is 0 Å². The van der Waals surface area contributed by atoms with Crippen molar-refractivity contribution in [3.8, 4) is 0 Å². The molecule has 0 bridgehead atoms. The molecular weight excluding hydrogens is 222 g/mol. The maximum absolute atomic E-state index is 12.0. The third kappa shape index (κ3) is 3.01. The Morgan fingerprint density at radius 3 is 3.12 bits per heavy atom. The Bertz CT molecular complexity index is 348. The smallest absolute Gasteiger partial charge is 0.291 e. The number of aliphatic hydroxyl groups is 1. The quantitative estimate of drug-likeness (QED) is 0.612. The molecule has 1 fully saturated rings. The molecule has 1 amide bonds. The van der Waals surface area contributed by atoms with Crippen LogP contribution in [0.1, 0.15) is 23.5 Å². The lowest BCUT2D eigenvalue weighted by molar-refractivity contribution is 0.0695. The van der Waals surface area contributed by atoms with Gasteiger partial charge in [-0.1, -0.05) is 0 Å². The number of aromatic amines is 1. The van der Waals surface area contributed by atoms with Gasteiger partial charge in [-0.15, -0.1) is 0 Å². The van der Waals surface area contributed by atoms with Gasteiger partial charge < -0.3 is 15.3 Å². The first-order valence-corrected chi connectivity index (χ1v) is 5.80. The average molecular weight is 239 g/mol.